The minimum Gasteiger partial charge on any atom is -0.484 e. The van der Waals surface area contributed by atoms with Gasteiger partial charge in [-0.25, -0.2) is 5.43 Å². The lowest BCUT2D eigenvalue weighted by atomic mass is 10.1. The number of aryl methyl sites for hydroxylation is 2. The Morgan fingerprint density at radius 2 is 1.96 bits per heavy atom. The largest absolute Gasteiger partial charge is 0.484 e. The van der Waals surface area contributed by atoms with Crippen LogP contribution in [0.3, 0.4) is 0 Å². The molecule has 2 aromatic carbocycles. The van der Waals surface area contributed by atoms with Crippen LogP contribution in [0.5, 0.6) is 5.75 Å². The molecule has 5 heteroatoms. The van der Waals surface area contributed by atoms with Crippen LogP contribution in [-0.4, -0.2) is 23.7 Å². The minimum atomic E-state index is -0.301. The Labute approximate surface area is 140 Å². The van der Waals surface area contributed by atoms with Gasteiger partial charge in [0, 0.05) is 22.7 Å². The molecular weight excluding hydrogens is 302 g/mol. The predicted octanol–water partition coefficient (Wildman–Crippen LogP) is 3.31. The van der Waals surface area contributed by atoms with E-state index in [1.165, 1.54) is 0 Å². The van der Waals surface area contributed by atoms with E-state index < -0.39 is 0 Å². The van der Waals surface area contributed by atoms with Crippen LogP contribution < -0.4 is 10.2 Å². The molecule has 0 fully saturated rings. The number of nitrogens with zero attached hydrogens (tertiary/aromatic N) is 1. The summed E-state index contributed by atoms with van der Waals surface area (Å²) in [7, 11) is 0. The van der Waals surface area contributed by atoms with Crippen LogP contribution in [0.15, 0.2) is 53.8 Å². The first-order valence-corrected chi connectivity index (χ1v) is 7.71. The average Bonchev–Trinajstić information content (AvgIpc) is 2.96. The number of hydrazone groups is 1. The van der Waals surface area contributed by atoms with Crippen LogP contribution in [0, 0.1) is 13.8 Å². The monoisotopic (exact) mass is 321 g/mol. The van der Waals surface area contributed by atoms with Crippen molar-refractivity contribution in [3.05, 3.63) is 65.4 Å². The molecule has 5 nitrogen and oxygen atoms in total. The Bertz CT molecular complexity index is 876. The summed E-state index contributed by atoms with van der Waals surface area (Å²) in [6.07, 6.45) is 3.47. The zero-order chi connectivity index (χ0) is 16.9. The van der Waals surface area contributed by atoms with Crippen molar-refractivity contribution in [3.8, 4) is 5.75 Å². The number of carbonyl (C=O) groups excluding carboxylic acids is 1. The Kier molecular flexibility index (Phi) is 4.61. The van der Waals surface area contributed by atoms with Gasteiger partial charge in [-0.15, -0.1) is 0 Å². The van der Waals surface area contributed by atoms with Crippen molar-refractivity contribution in [2.75, 3.05) is 6.61 Å². The van der Waals surface area contributed by atoms with Gasteiger partial charge in [-0.3, -0.25) is 4.79 Å². The predicted molar refractivity (Wildman–Crippen MR) is 95.4 cm³/mol. The molecule has 0 saturated heterocycles. The molecule has 0 radical (unpaired) electrons. The lowest BCUT2D eigenvalue weighted by Gasteiger charge is -2.07. The molecule has 3 aromatic rings. The quantitative estimate of drug-likeness (QED) is 0.559. The molecular formula is C19H19N3O2. The number of benzene rings is 2. The van der Waals surface area contributed by atoms with Crippen LogP contribution in [-0.2, 0) is 4.79 Å². The lowest BCUT2D eigenvalue weighted by molar-refractivity contribution is -0.123. The maximum atomic E-state index is 11.8. The van der Waals surface area contributed by atoms with Crippen LogP contribution in [0.1, 0.15) is 16.7 Å². The number of hydrogen-bond donors (Lipinski definition) is 2. The highest BCUT2D eigenvalue weighted by Crippen LogP contribution is 2.16. The average molecular weight is 321 g/mol. The molecule has 0 aliphatic carbocycles. The lowest BCUT2D eigenvalue weighted by Crippen LogP contribution is -2.24. The highest BCUT2D eigenvalue weighted by atomic mass is 16.5. The van der Waals surface area contributed by atoms with E-state index in [-0.39, 0.29) is 12.5 Å². The Morgan fingerprint density at radius 3 is 2.75 bits per heavy atom. The highest BCUT2D eigenvalue weighted by molar-refractivity contribution is 5.99. The van der Waals surface area contributed by atoms with Gasteiger partial charge in [0.1, 0.15) is 5.75 Å². The summed E-state index contributed by atoms with van der Waals surface area (Å²) < 4.78 is 5.50. The van der Waals surface area contributed by atoms with E-state index in [4.69, 9.17) is 4.74 Å². The molecule has 1 amide bonds. The Balaban J connectivity index is 1.55. The molecule has 0 saturated carbocycles. The maximum Gasteiger partial charge on any atom is 0.277 e. The third-order valence-electron chi connectivity index (χ3n) is 3.58. The number of aromatic amines is 1. The van der Waals surface area contributed by atoms with Gasteiger partial charge >= 0.3 is 0 Å². The van der Waals surface area contributed by atoms with Crippen LogP contribution >= 0.6 is 0 Å². The third-order valence-corrected chi connectivity index (χ3v) is 3.58. The summed E-state index contributed by atoms with van der Waals surface area (Å²) >= 11 is 0. The number of nitrogens with one attached hydrogen (secondary N) is 2. The Hall–Kier alpha value is -3.08. The van der Waals surface area contributed by atoms with Crippen molar-refractivity contribution in [2.24, 2.45) is 5.10 Å². The van der Waals surface area contributed by atoms with Gasteiger partial charge < -0.3 is 9.72 Å². The molecule has 0 aliphatic heterocycles. The van der Waals surface area contributed by atoms with Gasteiger partial charge in [-0.1, -0.05) is 24.3 Å². The van der Waals surface area contributed by atoms with Crippen LogP contribution in [0.2, 0.25) is 0 Å². The van der Waals surface area contributed by atoms with E-state index in [1.54, 1.807) is 6.21 Å². The standard InChI is InChI=1S/C19H19N3O2/c1-13-7-14(2)9-16(8-13)24-12-19(23)22-21-11-15-10-20-18-6-4-3-5-17(15)18/h3-11,20H,12H2,1-2H3,(H,22,23)/b21-11-. The smallest absolute Gasteiger partial charge is 0.277 e. The molecule has 0 unspecified atom stereocenters. The van der Waals surface area contributed by atoms with Gasteiger partial charge in [0.2, 0.25) is 0 Å². The van der Waals surface area contributed by atoms with Crippen molar-refractivity contribution in [2.45, 2.75) is 13.8 Å². The SMILES string of the molecule is Cc1cc(C)cc(OCC(=O)N/N=C\c2c[nH]c3ccccc23)c1. The molecule has 3 rings (SSSR count). The summed E-state index contributed by atoms with van der Waals surface area (Å²) in [5, 5.41) is 5.04. The molecule has 0 spiro atoms. The van der Waals surface area contributed by atoms with Gasteiger partial charge in [-0.05, 0) is 43.2 Å². The molecule has 0 bridgehead atoms. The van der Waals surface area contributed by atoms with Crippen molar-refractivity contribution < 1.29 is 9.53 Å². The molecule has 122 valence electrons. The van der Waals surface area contributed by atoms with E-state index in [1.807, 2.05) is 56.4 Å². The normalized spacial score (nSPS) is 11.1. The fraction of sp³-hybridized carbons (Fsp3) is 0.158. The molecule has 2 N–H and O–H groups in total. The van der Waals surface area contributed by atoms with Gasteiger partial charge in [0.25, 0.3) is 5.91 Å². The fourth-order valence-corrected chi connectivity index (χ4v) is 2.57. The molecule has 0 aliphatic rings. The summed E-state index contributed by atoms with van der Waals surface area (Å²) in [4.78, 5) is 15.0. The van der Waals surface area contributed by atoms with Gasteiger partial charge in [0.15, 0.2) is 6.61 Å². The number of carbonyl (C=O) groups is 1. The molecule has 1 aromatic heterocycles. The summed E-state index contributed by atoms with van der Waals surface area (Å²) in [5.41, 5.74) is 6.62. The second-order valence-electron chi connectivity index (χ2n) is 5.69. The first-order chi connectivity index (χ1) is 11.6. The van der Waals surface area contributed by atoms with E-state index >= 15 is 0 Å². The van der Waals surface area contributed by atoms with Crippen molar-refractivity contribution in [1.82, 2.24) is 10.4 Å². The topological polar surface area (TPSA) is 66.5 Å². The Morgan fingerprint density at radius 1 is 1.21 bits per heavy atom. The number of amides is 1. The van der Waals surface area contributed by atoms with Crippen LogP contribution in [0.25, 0.3) is 10.9 Å². The van der Waals surface area contributed by atoms with Crippen molar-refractivity contribution in [1.29, 1.82) is 0 Å². The van der Waals surface area contributed by atoms with E-state index in [9.17, 15) is 4.79 Å². The van der Waals surface area contributed by atoms with E-state index in [0.29, 0.717) is 5.75 Å². The zero-order valence-electron chi connectivity index (χ0n) is 13.7. The second kappa shape index (κ2) is 7.00. The zero-order valence-corrected chi connectivity index (χ0v) is 13.7. The van der Waals surface area contributed by atoms with Crippen molar-refractivity contribution in [3.63, 3.8) is 0 Å². The van der Waals surface area contributed by atoms with Gasteiger partial charge in [0.05, 0.1) is 6.21 Å². The van der Waals surface area contributed by atoms with Crippen molar-refractivity contribution >= 4 is 23.0 Å². The molecule has 1 heterocycles. The van der Waals surface area contributed by atoms with Crippen LogP contribution in [0.4, 0.5) is 0 Å². The maximum absolute atomic E-state index is 11.8. The highest BCUT2D eigenvalue weighted by Gasteiger charge is 2.03. The third kappa shape index (κ3) is 3.81. The number of aromatic nitrogens is 1. The number of ether oxygens (including phenoxy) is 1. The summed E-state index contributed by atoms with van der Waals surface area (Å²) in [6, 6.07) is 13.8. The first-order valence-electron chi connectivity index (χ1n) is 7.71. The number of rotatable bonds is 5. The number of H-pyrrole nitrogens is 1. The first kappa shape index (κ1) is 15.8. The number of para-hydroxylation sites is 1. The summed E-state index contributed by atoms with van der Waals surface area (Å²) in [6.45, 7) is 3.91. The molecule has 0 atom stereocenters. The number of fused-ring (bicyclic) bond motifs is 1. The number of hydrogen-bond acceptors (Lipinski definition) is 3. The van der Waals surface area contributed by atoms with E-state index in [0.717, 1.165) is 27.6 Å². The van der Waals surface area contributed by atoms with E-state index in [2.05, 4.69) is 21.6 Å². The minimum absolute atomic E-state index is 0.0753. The fourth-order valence-electron chi connectivity index (χ4n) is 2.57. The second-order valence-corrected chi connectivity index (χ2v) is 5.69. The summed E-state index contributed by atoms with van der Waals surface area (Å²) in [5.74, 6) is 0.383. The molecule has 24 heavy (non-hydrogen) atoms. The van der Waals surface area contributed by atoms with Gasteiger partial charge in [-0.2, -0.15) is 5.10 Å².